The van der Waals surface area contributed by atoms with Crippen LogP contribution < -0.4 is 0 Å². The fourth-order valence-electron chi connectivity index (χ4n) is 4.23. The number of hydrogen-bond acceptors (Lipinski definition) is 4. The SMILES string of the molecule is O=C(c1ccncc1)N(CCN1CCCC1)Cc1cc(-c2ccc3[nH]ccc3c2)cs1. The van der Waals surface area contributed by atoms with Gasteiger partial charge in [-0.25, -0.2) is 0 Å². The van der Waals surface area contributed by atoms with Crippen molar-refractivity contribution in [3.63, 3.8) is 0 Å². The Kier molecular flexibility index (Phi) is 5.82. The number of amides is 1. The fourth-order valence-corrected chi connectivity index (χ4v) is 5.14. The summed E-state index contributed by atoms with van der Waals surface area (Å²) in [7, 11) is 0. The first-order valence-electron chi connectivity index (χ1n) is 10.8. The molecule has 3 aromatic heterocycles. The first-order chi connectivity index (χ1) is 15.3. The van der Waals surface area contributed by atoms with E-state index in [9.17, 15) is 4.79 Å². The highest BCUT2D eigenvalue weighted by Gasteiger charge is 2.19. The Balaban J connectivity index is 1.34. The third kappa shape index (κ3) is 4.55. The maximum atomic E-state index is 13.2. The second kappa shape index (κ2) is 9.04. The van der Waals surface area contributed by atoms with Crippen molar-refractivity contribution in [2.24, 2.45) is 0 Å². The van der Waals surface area contributed by atoms with Gasteiger partial charge in [-0.15, -0.1) is 11.3 Å². The van der Waals surface area contributed by atoms with Gasteiger partial charge in [-0.05, 0) is 84.2 Å². The predicted octanol–water partition coefficient (Wildman–Crippen LogP) is 5.03. The topological polar surface area (TPSA) is 52.2 Å². The van der Waals surface area contributed by atoms with Crippen molar-refractivity contribution in [3.8, 4) is 11.1 Å². The summed E-state index contributed by atoms with van der Waals surface area (Å²) in [6.45, 7) is 4.58. The van der Waals surface area contributed by atoms with E-state index in [4.69, 9.17) is 0 Å². The van der Waals surface area contributed by atoms with Gasteiger partial charge in [0.25, 0.3) is 5.91 Å². The molecule has 0 aliphatic carbocycles. The summed E-state index contributed by atoms with van der Waals surface area (Å²) in [4.78, 5) is 26.2. The van der Waals surface area contributed by atoms with Crippen molar-refractivity contribution in [2.45, 2.75) is 19.4 Å². The number of thiophene rings is 1. The molecule has 1 amide bonds. The maximum absolute atomic E-state index is 13.2. The van der Waals surface area contributed by atoms with E-state index in [0.717, 1.165) is 31.7 Å². The molecule has 4 heterocycles. The number of hydrogen-bond donors (Lipinski definition) is 1. The molecular weight excluding hydrogens is 404 g/mol. The number of carbonyl (C=O) groups excluding carboxylic acids is 1. The second-order valence-electron chi connectivity index (χ2n) is 8.09. The molecule has 1 saturated heterocycles. The molecule has 1 aromatic carbocycles. The summed E-state index contributed by atoms with van der Waals surface area (Å²) in [5.41, 5.74) is 4.26. The van der Waals surface area contributed by atoms with Gasteiger partial charge in [0.05, 0.1) is 6.54 Å². The molecule has 0 unspecified atom stereocenters. The van der Waals surface area contributed by atoms with Gasteiger partial charge in [0, 0.05) is 47.6 Å². The molecule has 0 bridgehead atoms. The van der Waals surface area contributed by atoms with Crippen molar-refractivity contribution in [2.75, 3.05) is 26.2 Å². The van der Waals surface area contributed by atoms with Crippen LogP contribution in [0.5, 0.6) is 0 Å². The van der Waals surface area contributed by atoms with Crippen molar-refractivity contribution in [3.05, 3.63) is 76.9 Å². The standard InChI is InChI=1S/C25H26N4OS/c30-25(19-5-8-26-9-6-19)29(14-13-28-11-1-2-12-28)17-23-16-22(18-31-23)20-3-4-24-21(15-20)7-10-27-24/h3-10,15-16,18,27H,1-2,11-14,17H2. The van der Waals surface area contributed by atoms with Crippen molar-refractivity contribution in [1.29, 1.82) is 0 Å². The zero-order valence-electron chi connectivity index (χ0n) is 17.5. The third-order valence-corrected chi connectivity index (χ3v) is 6.91. The number of carbonyl (C=O) groups is 1. The molecule has 0 saturated carbocycles. The molecule has 0 radical (unpaired) electrons. The van der Waals surface area contributed by atoms with Gasteiger partial charge in [-0.1, -0.05) is 6.07 Å². The molecular formula is C25H26N4OS. The van der Waals surface area contributed by atoms with Crippen molar-refractivity contribution >= 4 is 28.1 Å². The first-order valence-corrected chi connectivity index (χ1v) is 11.7. The molecule has 0 spiro atoms. The Morgan fingerprint density at radius 2 is 1.90 bits per heavy atom. The Morgan fingerprint density at radius 3 is 2.74 bits per heavy atom. The number of rotatable bonds is 7. The van der Waals surface area contributed by atoms with Gasteiger partial charge < -0.3 is 14.8 Å². The van der Waals surface area contributed by atoms with Gasteiger partial charge >= 0.3 is 0 Å². The second-order valence-corrected chi connectivity index (χ2v) is 9.09. The van der Waals surface area contributed by atoms with Crippen LogP contribution in [0.3, 0.4) is 0 Å². The highest BCUT2D eigenvalue weighted by molar-refractivity contribution is 7.10. The summed E-state index contributed by atoms with van der Waals surface area (Å²) in [6.07, 6.45) is 7.87. The lowest BCUT2D eigenvalue weighted by Gasteiger charge is -2.25. The van der Waals surface area contributed by atoms with Crippen LogP contribution in [0.2, 0.25) is 0 Å². The van der Waals surface area contributed by atoms with Gasteiger partial charge in [0.2, 0.25) is 0 Å². The number of nitrogens with one attached hydrogen (secondary N) is 1. The van der Waals surface area contributed by atoms with Gasteiger partial charge in [0.15, 0.2) is 0 Å². The number of nitrogens with zero attached hydrogens (tertiary/aromatic N) is 3. The third-order valence-electron chi connectivity index (χ3n) is 5.99. The molecule has 1 aliphatic rings. The van der Waals surface area contributed by atoms with Crippen molar-refractivity contribution < 1.29 is 4.79 Å². The molecule has 0 atom stereocenters. The number of aromatic amines is 1. The number of pyridine rings is 1. The Labute approximate surface area is 186 Å². The zero-order valence-corrected chi connectivity index (χ0v) is 18.3. The summed E-state index contributed by atoms with van der Waals surface area (Å²) in [5, 5.41) is 3.41. The summed E-state index contributed by atoms with van der Waals surface area (Å²) in [6, 6.07) is 14.4. The lowest BCUT2D eigenvalue weighted by molar-refractivity contribution is 0.0728. The minimum Gasteiger partial charge on any atom is -0.361 e. The molecule has 158 valence electrons. The smallest absolute Gasteiger partial charge is 0.254 e. The van der Waals surface area contributed by atoms with E-state index < -0.39 is 0 Å². The number of fused-ring (bicyclic) bond motifs is 1. The van der Waals surface area contributed by atoms with Crippen LogP contribution in [-0.2, 0) is 6.54 Å². The molecule has 1 fully saturated rings. The largest absolute Gasteiger partial charge is 0.361 e. The van der Waals surface area contributed by atoms with E-state index in [1.54, 1.807) is 35.9 Å². The summed E-state index contributed by atoms with van der Waals surface area (Å²) >= 11 is 1.72. The van der Waals surface area contributed by atoms with Gasteiger partial charge in [0.1, 0.15) is 0 Å². The van der Waals surface area contributed by atoms with E-state index in [2.05, 4.69) is 50.6 Å². The van der Waals surface area contributed by atoms with Crippen LogP contribution in [0.25, 0.3) is 22.0 Å². The van der Waals surface area contributed by atoms with Crippen LogP contribution >= 0.6 is 11.3 Å². The fraction of sp³-hybridized carbons (Fsp3) is 0.280. The molecule has 6 heteroatoms. The van der Waals surface area contributed by atoms with Crippen molar-refractivity contribution in [1.82, 2.24) is 19.8 Å². The molecule has 4 aromatic rings. The number of likely N-dealkylation sites (tertiary alicyclic amines) is 1. The Hall–Kier alpha value is -2.96. The van der Waals surface area contributed by atoms with E-state index in [1.807, 2.05) is 11.1 Å². The Bertz CT molecular complexity index is 1160. The summed E-state index contributed by atoms with van der Waals surface area (Å²) < 4.78 is 0. The summed E-state index contributed by atoms with van der Waals surface area (Å²) in [5.74, 6) is 0.0743. The maximum Gasteiger partial charge on any atom is 0.254 e. The van der Waals surface area contributed by atoms with Crippen LogP contribution in [0.1, 0.15) is 28.1 Å². The Morgan fingerprint density at radius 1 is 1.06 bits per heavy atom. The highest BCUT2D eigenvalue weighted by atomic mass is 32.1. The van der Waals surface area contributed by atoms with Gasteiger partial charge in [-0.3, -0.25) is 9.78 Å². The molecule has 31 heavy (non-hydrogen) atoms. The van der Waals surface area contributed by atoms with E-state index in [0.29, 0.717) is 12.1 Å². The molecule has 5 nitrogen and oxygen atoms in total. The number of H-pyrrole nitrogens is 1. The minimum atomic E-state index is 0.0743. The molecule has 1 aliphatic heterocycles. The van der Waals surface area contributed by atoms with Crippen LogP contribution in [-0.4, -0.2) is 51.9 Å². The van der Waals surface area contributed by atoms with Crippen LogP contribution in [0.15, 0.2) is 66.4 Å². The quantitative estimate of drug-likeness (QED) is 0.447. The number of benzene rings is 1. The average Bonchev–Trinajstić information content (AvgIpc) is 3.58. The van der Waals surface area contributed by atoms with E-state index in [1.165, 1.54) is 34.2 Å². The van der Waals surface area contributed by atoms with Crippen LogP contribution in [0, 0.1) is 0 Å². The first kappa shape index (κ1) is 20.0. The molecule has 5 rings (SSSR count). The zero-order chi connectivity index (χ0) is 21.0. The average molecular weight is 431 g/mol. The lowest BCUT2D eigenvalue weighted by Crippen LogP contribution is -2.37. The normalized spacial score (nSPS) is 14.3. The lowest BCUT2D eigenvalue weighted by atomic mass is 10.1. The predicted molar refractivity (Wildman–Crippen MR) is 126 cm³/mol. The van der Waals surface area contributed by atoms with Crippen LogP contribution in [0.4, 0.5) is 0 Å². The van der Waals surface area contributed by atoms with Gasteiger partial charge in [-0.2, -0.15) is 0 Å². The highest BCUT2D eigenvalue weighted by Crippen LogP contribution is 2.29. The van der Waals surface area contributed by atoms with E-state index in [-0.39, 0.29) is 5.91 Å². The minimum absolute atomic E-state index is 0.0743. The number of aromatic nitrogens is 2. The van der Waals surface area contributed by atoms with E-state index >= 15 is 0 Å². The molecule has 1 N–H and O–H groups in total. The monoisotopic (exact) mass is 430 g/mol.